The molecule has 0 aliphatic carbocycles. The molecular formula is C13H25NO3. The van der Waals surface area contributed by atoms with Gasteiger partial charge in [0.15, 0.2) is 0 Å². The summed E-state index contributed by atoms with van der Waals surface area (Å²) in [5.41, 5.74) is 0. The minimum absolute atomic E-state index is 0.0706. The lowest BCUT2D eigenvalue weighted by molar-refractivity contribution is -0.143. The van der Waals surface area contributed by atoms with E-state index in [9.17, 15) is 9.59 Å². The number of nitrogens with zero attached hydrogens (tertiary/aromatic N) is 1. The van der Waals surface area contributed by atoms with Gasteiger partial charge in [0.05, 0.1) is 5.92 Å². The Kier molecular flexibility index (Phi) is 7.59. The van der Waals surface area contributed by atoms with E-state index < -0.39 is 11.9 Å². The predicted molar refractivity (Wildman–Crippen MR) is 67.7 cm³/mol. The molecule has 0 aliphatic heterocycles. The molecule has 100 valence electrons. The molecule has 1 N–H and O–H groups in total. The molecule has 0 heterocycles. The van der Waals surface area contributed by atoms with Crippen LogP contribution in [0.2, 0.25) is 0 Å². The van der Waals surface area contributed by atoms with E-state index in [0.717, 1.165) is 12.8 Å². The van der Waals surface area contributed by atoms with Crippen LogP contribution in [0, 0.1) is 11.8 Å². The second kappa shape index (κ2) is 8.09. The van der Waals surface area contributed by atoms with Crippen molar-refractivity contribution in [2.75, 3.05) is 13.1 Å². The molecule has 0 fully saturated rings. The van der Waals surface area contributed by atoms with Crippen LogP contribution in [0.3, 0.4) is 0 Å². The molecule has 1 unspecified atom stereocenters. The van der Waals surface area contributed by atoms with Gasteiger partial charge in [-0.1, -0.05) is 27.7 Å². The summed E-state index contributed by atoms with van der Waals surface area (Å²) in [5, 5.41) is 8.88. The van der Waals surface area contributed by atoms with Gasteiger partial charge in [-0.15, -0.1) is 0 Å². The van der Waals surface area contributed by atoms with E-state index >= 15 is 0 Å². The Morgan fingerprint density at radius 2 is 1.82 bits per heavy atom. The van der Waals surface area contributed by atoms with Gasteiger partial charge in [0, 0.05) is 19.5 Å². The molecule has 4 nitrogen and oxygen atoms in total. The van der Waals surface area contributed by atoms with Crippen LogP contribution in [-0.2, 0) is 9.59 Å². The van der Waals surface area contributed by atoms with Crippen LogP contribution < -0.4 is 0 Å². The van der Waals surface area contributed by atoms with E-state index in [1.165, 1.54) is 0 Å². The monoisotopic (exact) mass is 243 g/mol. The van der Waals surface area contributed by atoms with E-state index in [2.05, 4.69) is 13.8 Å². The van der Waals surface area contributed by atoms with E-state index in [-0.39, 0.29) is 5.91 Å². The van der Waals surface area contributed by atoms with Crippen molar-refractivity contribution in [1.82, 2.24) is 4.90 Å². The van der Waals surface area contributed by atoms with Crippen molar-refractivity contribution in [2.24, 2.45) is 11.8 Å². The fourth-order valence-corrected chi connectivity index (χ4v) is 1.51. The van der Waals surface area contributed by atoms with Crippen molar-refractivity contribution in [3.63, 3.8) is 0 Å². The average Bonchev–Trinajstić information content (AvgIpc) is 2.23. The Hall–Kier alpha value is -1.06. The molecule has 1 amide bonds. The summed E-state index contributed by atoms with van der Waals surface area (Å²) >= 11 is 0. The smallest absolute Gasteiger partial charge is 0.308 e. The lowest BCUT2D eigenvalue weighted by Crippen LogP contribution is -2.37. The highest BCUT2D eigenvalue weighted by Crippen LogP contribution is 2.08. The standard InChI is InChI=1S/C13H25NO3/c1-5-6-12(15)14(8-7-10(2)3)9-11(4)13(16)17/h10-11H,5-9H2,1-4H3,(H,16,17). The van der Waals surface area contributed by atoms with Crippen LogP contribution in [0.4, 0.5) is 0 Å². The molecule has 0 rings (SSSR count). The molecule has 0 aromatic rings. The molecule has 17 heavy (non-hydrogen) atoms. The number of hydrogen-bond acceptors (Lipinski definition) is 2. The Morgan fingerprint density at radius 3 is 2.24 bits per heavy atom. The van der Waals surface area contributed by atoms with Crippen molar-refractivity contribution in [3.8, 4) is 0 Å². The largest absolute Gasteiger partial charge is 0.481 e. The van der Waals surface area contributed by atoms with Crippen molar-refractivity contribution in [1.29, 1.82) is 0 Å². The Bertz CT molecular complexity index is 251. The van der Waals surface area contributed by atoms with E-state index in [1.54, 1.807) is 11.8 Å². The molecule has 0 radical (unpaired) electrons. The summed E-state index contributed by atoms with van der Waals surface area (Å²) in [5.74, 6) is -0.750. The van der Waals surface area contributed by atoms with Crippen LogP contribution in [-0.4, -0.2) is 35.0 Å². The van der Waals surface area contributed by atoms with Crippen molar-refractivity contribution >= 4 is 11.9 Å². The summed E-state index contributed by atoms with van der Waals surface area (Å²) in [7, 11) is 0. The average molecular weight is 243 g/mol. The van der Waals surface area contributed by atoms with E-state index in [4.69, 9.17) is 5.11 Å². The van der Waals surface area contributed by atoms with Crippen LogP contribution in [0.25, 0.3) is 0 Å². The fraction of sp³-hybridized carbons (Fsp3) is 0.846. The minimum atomic E-state index is -0.844. The molecule has 0 bridgehead atoms. The zero-order valence-electron chi connectivity index (χ0n) is 11.4. The maximum Gasteiger partial charge on any atom is 0.308 e. The molecule has 1 atom stereocenters. The number of carbonyl (C=O) groups is 2. The van der Waals surface area contributed by atoms with Gasteiger partial charge in [0.1, 0.15) is 0 Å². The van der Waals surface area contributed by atoms with Gasteiger partial charge in [-0.2, -0.15) is 0 Å². The third-order valence-corrected chi connectivity index (χ3v) is 2.71. The SMILES string of the molecule is CCCC(=O)N(CCC(C)C)CC(C)C(=O)O. The molecule has 0 saturated heterocycles. The Labute approximate surface area is 104 Å². The van der Waals surface area contributed by atoms with Crippen molar-refractivity contribution in [2.45, 2.75) is 47.0 Å². The van der Waals surface area contributed by atoms with Crippen LogP contribution in [0.1, 0.15) is 47.0 Å². The first kappa shape index (κ1) is 15.9. The topological polar surface area (TPSA) is 57.6 Å². The molecule has 4 heteroatoms. The second-order valence-electron chi connectivity index (χ2n) is 5.01. The fourth-order valence-electron chi connectivity index (χ4n) is 1.51. The number of carbonyl (C=O) groups excluding carboxylic acids is 1. The van der Waals surface area contributed by atoms with Gasteiger partial charge in [-0.05, 0) is 18.8 Å². The summed E-state index contributed by atoms with van der Waals surface area (Å²) in [4.78, 5) is 24.4. The van der Waals surface area contributed by atoms with Crippen molar-refractivity contribution < 1.29 is 14.7 Å². The van der Waals surface area contributed by atoms with Crippen LogP contribution in [0.15, 0.2) is 0 Å². The third-order valence-electron chi connectivity index (χ3n) is 2.71. The zero-order valence-corrected chi connectivity index (χ0v) is 11.4. The lowest BCUT2D eigenvalue weighted by Gasteiger charge is -2.25. The van der Waals surface area contributed by atoms with Crippen molar-refractivity contribution in [3.05, 3.63) is 0 Å². The summed E-state index contributed by atoms with van der Waals surface area (Å²) in [6.07, 6.45) is 2.23. The molecule has 0 aromatic carbocycles. The van der Waals surface area contributed by atoms with Gasteiger partial charge >= 0.3 is 5.97 Å². The molecule has 0 spiro atoms. The molecule has 0 aromatic heterocycles. The highest BCUT2D eigenvalue weighted by atomic mass is 16.4. The normalized spacial score (nSPS) is 12.5. The summed E-state index contributed by atoms with van der Waals surface area (Å²) < 4.78 is 0. The maximum atomic E-state index is 11.8. The second-order valence-corrected chi connectivity index (χ2v) is 5.01. The first-order chi connectivity index (χ1) is 7.88. The Morgan fingerprint density at radius 1 is 1.24 bits per heavy atom. The third kappa shape index (κ3) is 6.97. The first-order valence-electron chi connectivity index (χ1n) is 6.39. The Balaban J connectivity index is 4.38. The van der Waals surface area contributed by atoms with Gasteiger partial charge in [-0.25, -0.2) is 0 Å². The minimum Gasteiger partial charge on any atom is -0.481 e. The number of amides is 1. The predicted octanol–water partition coefficient (Wildman–Crippen LogP) is 2.38. The van der Waals surface area contributed by atoms with Gasteiger partial charge < -0.3 is 10.0 Å². The lowest BCUT2D eigenvalue weighted by atomic mass is 10.1. The van der Waals surface area contributed by atoms with Gasteiger partial charge in [0.25, 0.3) is 0 Å². The number of rotatable bonds is 8. The number of carboxylic acid groups (broad SMARTS) is 1. The highest BCUT2D eigenvalue weighted by Gasteiger charge is 2.19. The van der Waals surface area contributed by atoms with E-state index in [1.807, 2.05) is 6.92 Å². The summed E-state index contributed by atoms with van der Waals surface area (Å²) in [6, 6.07) is 0. The van der Waals surface area contributed by atoms with Gasteiger partial charge in [-0.3, -0.25) is 9.59 Å². The van der Waals surface area contributed by atoms with E-state index in [0.29, 0.717) is 25.4 Å². The molecule has 0 aliphatic rings. The van der Waals surface area contributed by atoms with Crippen LogP contribution >= 0.6 is 0 Å². The first-order valence-corrected chi connectivity index (χ1v) is 6.39. The maximum absolute atomic E-state index is 11.8. The number of carboxylic acids is 1. The van der Waals surface area contributed by atoms with Gasteiger partial charge in [0.2, 0.25) is 5.91 Å². The number of aliphatic carboxylic acids is 1. The quantitative estimate of drug-likeness (QED) is 0.712. The molecule has 0 saturated carbocycles. The highest BCUT2D eigenvalue weighted by molar-refractivity contribution is 5.77. The summed E-state index contributed by atoms with van der Waals surface area (Å²) in [6.45, 7) is 8.78. The zero-order chi connectivity index (χ0) is 13.4. The molecular weight excluding hydrogens is 218 g/mol. The van der Waals surface area contributed by atoms with Crippen LogP contribution in [0.5, 0.6) is 0 Å². The number of hydrogen-bond donors (Lipinski definition) is 1.